The zero-order valence-corrected chi connectivity index (χ0v) is 20.9. The molecule has 39 heavy (non-hydrogen) atoms. The lowest BCUT2D eigenvalue weighted by Crippen LogP contribution is -2.43. The summed E-state index contributed by atoms with van der Waals surface area (Å²) in [6, 6.07) is 10.8. The van der Waals surface area contributed by atoms with E-state index in [1.165, 1.54) is 18.2 Å². The number of piperazine rings is 1. The summed E-state index contributed by atoms with van der Waals surface area (Å²) in [5.74, 6) is 0.225. The molecule has 5 rings (SSSR count). The molecule has 0 unspecified atom stereocenters. The van der Waals surface area contributed by atoms with Gasteiger partial charge in [-0.15, -0.1) is 0 Å². The third-order valence-electron chi connectivity index (χ3n) is 5.89. The van der Waals surface area contributed by atoms with Gasteiger partial charge >= 0.3 is 12.2 Å². The number of anilines is 3. The molecule has 1 aliphatic rings. The van der Waals surface area contributed by atoms with Crippen LogP contribution < -0.4 is 25.6 Å². The van der Waals surface area contributed by atoms with Crippen LogP contribution in [-0.2, 0) is 6.18 Å². The van der Waals surface area contributed by atoms with Crippen LogP contribution in [0, 0.1) is 5.82 Å². The number of carbonyl (C=O) groups is 1. The molecule has 202 valence electrons. The Morgan fingerprint density at radius 2 is 1.69 bits per heavy atom. The molecule has 4 aromatic rings. The first kappa shape index (κ1) is 26.4. The first-order chi connectivity index (χ1) is 18.7. The summed E-state index contributed by atoms with van der Waals surface area (Å²) < 4.78 is 59.6. The molecular weight excluding hydrogens is 540 g/mol. The van der Waals surface area contributed by atoms with Crippen LogP contribution >= 0.6 is 11.6 Å². The summed E-state index contributed by atoms with van der Waals surface area (Å²) in [4.78, 5) is 23.5. The highest BCUT2D eigenvalue weighted by atomic mass is 35.5. The predicted molar refractivity (Wildman–Crippen MR) is 140 cm³/mol. The number of rotatable bonds is 5. The van der Waals surface area contributed by atoms with Gasteiger partial charge in [0.25, 0.3) is 0 Å². The van der Waals surface area contributed by atoms with Crippen LogP contribution in [0.15, 0.2) is 60.8 Å². The number of aromatic nitrogens is 2. The molecule has 13 heteroatoms. The first-order valence-corrected chi connectivity index (χ1v) is 12.2. The molecule has 0 bridgehead atoms. The molecular formula is C26H21ClF4N6O2. The van der Waals surface area contributed by atoms with Gasteiger partial charge in [0.05, 0.1) is 27.8 Å². The largest absolute Gasteiger partial charge is 0.454 e. The van der Waals surface area contributed by atoms with Crippen LogP contribution in [0.5, 0.6) is 11.5 Å². The van der Waals surface area contributed by atoms with Gasteiger partial charge in [0.2, 0.25) is 0 Å². The number of amides is 2. The molecule has 1 aromatic heterocycles. The molecule has 0 saturated carbocycles. The summed E-state index contributed by atoms with van der Waals surface area (Å²) in [6.07, 6.45) is -2.97. The predicted octanol–water partition coefficient (Wildman–Crippen LogP) is 6.29. The van der Waals surface area contributed by atoms with E-state index in [1.807, 2.05) is 0 Å². The maximum Gasteiger partial charge on any atom is 0.417 e. The average molecular weight is 561 g/mol. The molecule has 2 heterocycles. The second kappa shape index (κ2) is 10.9. The maximum atomic E-state index is 14.8. The zero-order chi connectivity index (χ0) is 27.6. The van der Waals surface area contributed by atoms with Crippen LogP contribution in [0.2, 0.25) is 5.02 Å². The Morgan fingerprint density at radius 3 is 2.41 bits per heavy atom. The lowest BCUT2D eigenvalue weighted by Gasteiger charge is -2.28. The lowest BCUT2D eigenvalue weighted by atomic mass is 10.2. The van der Waals surface area contributed by atoms with E-state index in [2.05, 4.69) is 30.8 Å². The minimum atomic E-state index is -4.69. The summed E-state index contributed by atoms with van der Waals surface area (Å²) in [5.41, 5.74) is 0.0934. The van der Waals surface area contributed by atoms with Gasteiger partial charge in [-0.25, -0.2) is 14.2 Å². The molecule has 3 N–H and O–H groups in total. The van der Waals surface area contributed by atoms with Crippen molar-refractivity contribution in [1.82, 2.24) is 15.3 Å². The highest BCUT2D eigenvalue weighted by Crippen LogP contribution is 2.36. The number of urea groups is 1. The standard InChI is InChI=1S/C26H21ClF4N6O2/c27-19-4-1-15(11-18(19)26(29,30)31)34-25(38)35-16-2-6-23(20(28)12-16)39-17-3-5-21-22(13-17)36-24(14-33-21)37-9-7-32-8-10-37/h1-6,11-14,32H,7-10H2,(H2,34,35,38). The van der Waals surface area contributed by atoms with Gasteiger partial charge in [-0.3, -0.25) is 4.98 Å². The number of nitrogens with one attached hydrogen (secondary N) is 3. The van der Waals surface area contributed by atoms with Crippen molar-refractivity contribution in [3.05, 3.63) is 77.2 Å². The Kier molecular flexibility index (Phi) is 7.40. The maximum absolute atomic E-state index is 14.8. The van der Waals surface area contributed by atoms with Crippen molar-refractivity contribution in [2.24, 2.45) is 0 Å². The number of ether oxygens (including phenoxy) is 1. The van der Waals surface area contributed by atoms with E-state index in [9.17, 15) is 22.4 Å². The molecule has 8 nitrogen and oxygen atoms in total. The van der Waals surface area contributed by atoms with Crippen molar-refractivity contribution in [2.45, 2.75) is 6.18 Å². The quantitative estimate of drug-likeness (QED) is 0.249. The second-order valence-corrected chi connectivity index (χ2v) is 9.04. The number of hydrogen-bond donors (Lipinski definition) is 3. The van der Waals surface area contributed by atoms with E-state index in [4.69, 9.17) is 16.3 Å². The van der Waals surface area contributed by atoms with Crippen molar-refractivity contribution in [1.29, 1.82) is 0 Å². The molecule has 0 aliphatic carbocycles. The van der Waals surface area contributed by atoms with Crippen LogP contribution in [-0.4, -0.2) is 42.2 Å². The van der Waals surface area contributed by atoms with Gasteiger partial charge in [-0.05, 0) is 42.5 Å². The first-order valence-electron chi connectivity index (χ1n) is 11.8. The topological polar surface area (TPSA) is 91.4 Å². The average Bonchev–Trinajstić information content (AvgIpc) is 2.91. The fraction of sp³-hybridized carbons (Fsp3) is 0.192. The van der Waals surface area contributed by atoms with Gasteiger partial charge < -0.3 is 25.6 Å². The van der Waals surface area contributed by atoms with E-state index in [0.717, 1.165) is 44.1 Å². The van der Waals surface area contributed by atoms with Gasteiger partial charge in [0.15, 0.2) is 11.6 Å². The van der Waals surface area contributed by atoms with E-state index in [0.29, 0.717) is 22.8 Å². The van der Waals surface area contributed by atoms with E-state index in [-0.39, 0.29) is 17.1 Å². The molecule has 0 spiro atoms. The smallest absolute Gasteiger partial charge is 0.417 e. The van der Waals surface area contributed by atoms with Gasteiger partial charge in [-0.1, -0.05) is 11.6 Å². The minimum absolute atomic E-state index is 0.0624. The zero-order valence-electron chi connectivity index (χ0n) is 20.1. The van der Waals surface area contributed by atoms with Crippen LogP contribution in [0.1, 0.15) is 5.56 Å². The Morgan fingerprint density at radius 1 is 0.974 bits per heavy atom. The molecule has 1 saturated heterocycles. The van der Waals surface area contributed by atoms with Crippen molar-refractivity contribution in [2.75, 3.05) is 41.7 Å². The Hall–Kier alpha value is -4.16. The summed E-state index contributed by atoms with van der Waals surface area (Å²) in [5, 5.41) is 7.42. The van der Waals surface area contributed by atoms with Gasteiger partial charge in [0, 0.05) is 49.7 Å². The number of hydrogen-bond acceptors (Lipinski definition) is 6. The Bertz CT molecular complexity index is 1530. The highest BCUT2D eigenvalue weighted by molar-refractivity contribution is 6.31. The van der Waals surface area contributed by atoms with Crippen molar-refractivity contribution >= 4 is 45.9 Å². The van der Waals surface area contributed by atoms with Crippen molar-refractivity contribution in [3.63, 3.8) is 0 Å². The normalized spacial score (nSPS) is 13.8. The third-order valence-corrected chi connectivity index (χ3v) is 6.22. The Balaban J connectivity index is 1.26. The van der Waals surface area contributed by atoms with E-state index in [1.54, 1.807) is 24.4 Å². The number of alkyl halides is 3. The SMILES string of the molecule is O=C(Nc1ccc(Oc2ccc3ncc(N4CCNCC4)nc3c2)c(F)c1)Nc1ccc(Cl)c(C(F)(F)F)c1. The van der Waals surface area contributed by atoms with Crippen molar-refractivity contribution in [3.8, 4) is 11.5 Å². The molecule has 1 aliphatic heterocycles. The van der Waals surface area contributed by atoms with E-state index < -0.39 is 28.6 Å². The third kappa shape index (κ3) is 6.29. The lowest BCUT2D eigenvalue weighted by molar-refractivity contribution is -0.137. The molecule has 1 fully saturated rings. The fourth-order valence-electron chi connectivity index (χ4n) is 3.99. The minimum Gasteiger partial charge on any atom is -0.454 e. The van der Waals surface area contributed by atoms with Crippen LogP contribution in [0.25, 0.3) is 11.0 Å². The highest BCUT2D eigenvalue weighted by Gasteiger charge is 2.33. The van der Waals surface area contributed by atoms with Gasteiger partial charge in [-0.2, -0.15) is 13.2 Å². The summed E-state index contributed by atoms with van der Waals surface area (Å²) in [6.45, 7) is 3.34. The summed E-state index contributed by atoms with van der Waals surface area (Å²) >= 11 is 5.59. The molecule has 0 radical (unpaired) electrons. The fourth-order valence-corrected chi connectivity index (χ4v) is 4.22. The number of fused-ring (bicyclic) bond motifs is 1. The monoisotopic (exact) mass is 560 g/mol. The van der Waals surface area contributed by atoms with E-state index >= 15 is 0 Å². The second-order valence-electron chi connectivity index (χ2n) is 8.63. The molecule has 0 atom stereocenters. The number of halogens is 5. The molecule has 2 amide bonds. The van der Waals surface area contributed by atoms with Crippen molar-refractivity contribution < 1.29 is 27.1 Å². The van der Waals surface area contributed by atoms with Crippen LogP contribution in [0.3, 0.4) is 0 Å². The van der Waals surface area contributed by atoms with Gasteiger partial charge in [0.1, 0.15) is 11.6 Å². The molecule has 3 aromatic carbocycles. The number of carbonyl (C=O) groups excluding carboxylic acids is 1. The number of nitrogens with zero attached hydrogens (tertiary/aromatic N) is 3. The number of benzene rings is 3. The van der Waals surface area contributed by atoms with Crippen LogP contribution in [0.4, 0.5) is 39.5 Å². The Labute approximate surface area is 225 Å². The summed E-state index contributed by atoms with van der Waals surface area (Å²) in [7, 11) is 0.